The molecule has 0 saturated carbocycles. The summed E-state index contributed by atoms with van der Waals surface area (Å²) in [5.74, 6) is 1.50. The Balaban J connectivity index is 2.55. The summed E-state index contributed by atoms with van der Waals surface area (Å²) in [7, 11) is 2.14. The van der Waals surface area contributed by atoms with Crippen molar-refractivity contribution in [1.82, 2.24) is 15.5 Å². The van der Waals surface area contributed by atoms with E-state index in [0.29, 0.717) is 6.54 Å². The van der Waals surface area contributed by atoms with Crippen LogP contribution in [0.4, 0.5) is 0 Å². The third-order valence-corrected chi connectivity index (χ3v) is 4.06. The van der Waals surface area contributed by atoms with Gasteiger partial charge in [-0.2, -0.15) is 0 Å². The summed E-state index contributed by atoms with van der Waals surface area (Å²) in [6, 6.07) is 7.58. The van der Waals surface area contributed by atoms with Gasteiger partial charge in [-0.15, -0.1) is 0 Å². The van der Waals surface area contributed by atoms with Crippen molar-refractivity contribution < 1.29 is 9.84 Å². The van der Waals surface area contributed by atoms with Crippen molar-refractivity contribution in [2.75, 3.05) is 39.8 Å². The highest BCUT2D eigenvalue weighted by molar-refractivity contribution is 5.79. The first kappa shape index (κ1) is 23.2. The molecule has 154 valence electrons. The highest BCUT2D eigenvalue weighted by atomic mass is 16.5. The number of aliphatic hydroxyl groups is 1. The maximum absolute atomic E-state index is 10.5. The Morgan fingerprint density at radius 3 is 2.67 bits per heavy atom. The molecule has 0 saturated heterocycles. The maximum atomic E-state index is 10.5. The zero-order chi connectivity index (χ0) is 20.1. The molecule has 1 aromatic rings. The van der Waals surface area contributed by atoms with Gasteiger partial charge in [0.15, 0.2) is 5.96 Å². The molecule has 6 nitrogen and oxygen atoms in total. The number of hydrogen-bond donors (Lipinski definition) is 3. The third-order valence-electron chi connectivity index (χ3n) is 4.06. The minimum atomic E-state index is -0.664. The summed E-state index contributed by atoms with van der Waals surface area (Å²) >= 11 is 0. The van der Waals surface area contributed by atoms with Crippen LogP contribution in [0.25, 0.3) is 0 Å². The van der Waals surface area contributed by atoms with E-state index in [1.807, 2.05) is 45.0 Å². The van der Waals surface area contributed by atoms with Gasteiger partial charge < -0.3 is 25.4 Å². The van der Waals surface area contributed by atoms with Gasteiger partial charge in [-0.25, -0.2) is 0 Å². The molecular formula is C21H38N4O2. The van der Waals surface area contributed by atoms with Crippen LogP contribution in [0.15, 0.2) is 29.3 Å². The molecule has 0 fully saturated rings. The summed E-state index contributed by atoms with van der Waals surface area (Å²) in [6.07, 6.45) is 1.87. The topological polar surface area (TPSA) is 69.1 Å². The van der Waals surface area contributed by atoms with E-state index >= 15 is 0 Å². The number of guanidine groups is 1. The standard InChI is InChI=1S/C21H38N4O2/c1-6-8-13-25(5)14-12-23-21(22-7-2)24-16-20(26)18-10-9-11-19(15-18)27-17(3)4/h9-11,15,17,20,26H,6-8,12-14,16H2,1-5H3,(H2,22,23,24). The molecule has 27 heavy (non-hydrogen) atoms. The van der Waals surface area contributed by atoms with E-state index in [2.05, 4.69) is 34.5 Å². The number of hydrogen-bond acceptors (Lipinski definition) is 4. The highest BCUT2D eigenvalue weighted by Gasteiger charge is 2.09. The van der Waals surface area contributed by atoms with Crippen LogP contribution in [0.2, 0.25) is 0 Å². The molecule has 0 amide bonds. The minimum Gasteiger partial charge on any atom is -0.491 e. The Morgan fingerprint density at radius 1 is 1.22 bits per heavy atom. The van der Waals surface area contributed by atoms with Crippen LogP contribution in [0, 0.1) is 0 Å². The van der Waals surface area contributed by atoms with Crippen LogP contribution in [0.3, 0.4) is 0 Å². The number of likely N-dealkylation sites (N-methyl/N-ethyl adjacent to an activating group) is 1. The molecule has 6 heteroatoms. The number of rotatable bonds is 12. The Hall–Kier alpha value is -1.79. The molecule has 0 aliphatic heterocycles. The molecule has 1 rings (SSSR count). The van der Waals surface area contributed by atoms with Crippen molar-refractivity contribution in [3.05, 3.63) is 29.8 Å². The number of aliphatic hydroxyl groups excluding tert-OH is 1. The van der Waals surface area contributed by atoms with Crippen LogP contribution in [0.5, 0.6) is 5.75 Å². The molecular weight excluding hydrogens is 340 g/mol. The van der Waals surface area contributed by atoms with Crippen molar-refractivity contribution in [3.8, 4) is 5.75 Å². The van der Waals surface area contributed by atoms with Crippen LogP contribution >= 0.6 is 0 Å². The zero-order valence-electron chi connectivity index (χ0n) is 17.7. The minimum absolute atomic E-state index is 0.107. The Labute approximate surface area is 165 Å². The maximum Gasteiger partial charge on any atom is 0.191 e. The lowest BCUT2D eigenvalue weighted by Gasteiger charge is -2.18. The lowest BCUT2D eigenvalue weighted by atomic mass is 10.1. The van der Waals surface area contributed by atoms with E-state index in [9.17, 15) is 5.11 Å². The van der Waals surface area contributed by atoms with Crippen molar-refractivity contribution in [3.63, 3.8) is 0 Å². The largest absolute Gasteiger partial charge is 0.491 e. The lowest BCUT2D eigenvalue weighted by molar-refractivity contribution is 0.185. The fourth-order valence-corrected chi connectivity index (χ4v) is 2.60. The molecule has 0 radical (unpaired) electrons. The molecule has 0 bridgehead atoms. The van der Waals surface area contributed by atoms with Crippen molar-refractivity contribution in [2.45, 2.75) is 52.7 Å². The van der Waals surface area contributed by atoms with Gasteiger partial charge >= 0.3 is 0 Å². The number of unbranched alkanes of at least 4 members (excludes halogenated alkanes) is 1. The SMILES string of the molecule is CCCCN(C)CCNC(=NCC(O)c1cccc(OC(C)C)c1)NCC. The van der Waals surface area contributed by atoms with Crippen LogP contribution in [-0.2, 0) is 0 Å². The average Bonchev–Trinajstić information content (AvgIpc) is 2.63. The number of nitrogens with one attached hydrogen (secondary N) is 2. The zero-order valence-corrected chi connectivity index (χ0v) is 17.7. The highest BCUT2D eigenvalue weighted by Crippen LogP contribution is 2.20. The summed E-state index contributed by atoms with van der Waals surface area (Å²) in [4.78, 5) is 6.84. The predicted molar refractivity (Wildman–Crippen MR) is 114 cm³/mol. The summed E-state index contributed by atoms with van der Waals surface area (Å²) in [6.45, 7) is 12.2. The van der Waals surface area contributed by atoms with Crippen LogP contribution < -0.4 is 15.4 Å². The van der Waals surface area contributed by atoms with Gasteiger partial charge in [0.2, 0.25) is 0 Å². The quantitative estimate of drug-likeness (QED) is 0.385. The number of ether oxygens (including phenoxy) is 1. The smallest absolute Gasteiger partial charge is 0.191 e. The summed E-state index contributed by atoms with van der Waals surface area (Å²) in [5, 5.41) is 17.0. The van der Waals surface area contributed by atoms with E-state index in [1.54, 1.807) is 0 Å². The molecule has 1 atom stereocenters. The van der Waals surface area contributed by atoms with Crippen molar-refractivity contribution in [2.24, 2.45) is 4.99 Å². The second-order valence-corrected chi connectivity index (χ2v) is 7.06. The lowest BCUT2D eigenvalue weighted by Crippen LogP contribution is -2.41. The van der Waals surface area contributed by atoms with E-state index in [-0.39, 0.29) is 6.10 Å². The Kier molecular flexibility index (Phi) is 11.5. The average molecular weight is 379 g/mol. The Morgan fingerprint density at radius 2 is 2.00 bits per heavy atom. The number of aliphatic imine (C=N–C) groups is 1. The first-order valence-corrected chi connectivity index (χ1v) is 10.1. The molecule has 1 aromatic carbocycles. The molecule has 0 spiro atoms. The second-order valence-electron chi connectivity index (χ2n) is 7.06. The fraction of sp³-hybridized carbons (Fsp3) is 0.667. The third kappa shape index (κ3) is 10.2. The van der Waals surface area contributed by atoms with Crippen molar-refractivity contribution >= 4 is 5.96 Å². The first-order valence-electron chi connectivity index (χ1n) is 10.1. The Bertz CT molecular complexity index is 549. The number of nitrogens with zero attached hydrogens (tertiary/aromatic N) is 2. The van der Waals surface area contributed by atoms with E-state index in [4.69, 9.17) is 4.74 Å². The summed E-state index contributed by atoms with van der Waals surface area (Å²) < 4.78 is 5.70. The van der Waals surface area contributed by atoms with Gasteiger partial charge in [0.05, 0.1) is 18.8 Å². The van der Waals surface area contributed by atoms with Crippen LogP contribution in [0.1, 0.15) is 52.2 Å². The van der Waals surface area contributed by atoms with E-state index < -0.39 is 6.10 Å². The second kappa shape index (κ2) is 13.4. The van der Waals surface area contributed by atoms with E-state index in [0.717, 1.165) is 43.5 Å². The van der Waals surface area contributed by atoms with Gasteiger partial charge in [0, 0.05) is 19.6 Å². The van der Waals surface area contributed by atoms with Gasteiger partial charge in [-0.1, -0.05) is 25.5 Å². The van der Waals surface area contributed by atoms with Gasteiger partial charge in [0.1, 0.15) is 5.75 Å². The first-order chi connectivity index (χ1) is 13.0. The molecule has 0 aliphatic carbocycles. The molecule has 0 aliphatic rings. The predicted octanol–water partition coefficient (Wildman–Crippen LogP) is 2.79. The fourth-order valence-electron chi connectivity index (χ4n) is 2.60. The number of benzene rings is 1. The van der Waals surface area contributed by atoms with Gasteiger partial charge in [-0.3, -0.25) is 4.99 Å². The van der Waals surface area contributed by atoms with Crippen LogP contribution in [-0.4, -0.2) is 61.8 Å². The van der Waals surface area contributed by atoms with Gasteiger partial charge in [0.25, 0.3) is 0 Å². The summed E-state index contributed by atoms with van der Waals surface area (Å²) in [5.41, 5.74) is 0.812. The molecule has 1 unspecified atom stereocenters. The van der Waals surface area contributed by atoms with Gasteiger partial charge in [-0.05, 0) is 58.5 Å². The normalized spacial score (nSPS) is 13.1. The van der Waals surface area contributed by atoms with E-state index in [1.165, 1.54) is 12.8 Å². The molecule has 0 heterocycles. The molecule has 0 aromatic heterocycles. The van der Waals surface area contributed by atoms with Crippen molar-refractivity contribution in [1.29, 1.82) is 0 Å². The molecule has 3 N–H and O–H groups in total. The monoisotopic (exact) mass is 378 g/mol.